The molecule has 0 saturated carbocycles. The molecule has 1 aromatic heterocycles. The van der Waals surface area contributed by atoms with Crippen LogP contribution in [0.2, 0.25) is 0 Å². The zero-order valence-corrected chi connectivity index (χ0v) is 20.6. The fourth-order valence-electron chi connectivity index (χ4n) is 4.21. The fourth-order valence-corrected chi connectivity index (χ4v) is 6.76. The zero-order chi connectivity index (χ0) is 23.8. The van der Waals surface area contributed by atoms with Crippen molar-refractivity contribution in [1.29, 1.82) is 0 Å². The Labute approximate surface area is 197 Å². The van der Waals surface area contributed by atoms with Crippen molar-refractivity contribution < 1.29 is 22.7 Å². The summed E-state index contributed by atoms with van der Waals surface area (Å²) in [6, 6.07) is 9.59. The first-order chi connectivity index (χ1) is 15.7. The minimum Gasteiger partial charge on any atom is -0.493 e. The Bertz CT molecular complexity index is 1220. The predicted octanol–water partition coefficient (Wildman–Crippen LogP) is 4.23. The maximum Gasteiger partial charge on any atom is 0.257 e. The van der Waals surface area contributed by atoms with Gasteiger partial charge in [0.05, 0.1) is 29.3 Å². The lowest BCUT2D eigenvalue weighted by Gasteiger charge is -2.34. The van der Waals surface area contributed by atoms with Crippen molar-refractivity contribution in [3.05, 3.63) is 42.0 Å². The van der Waals surface area contributed by atoms with E-state index in [9.17, 15) is 13.2 Å². The van der Waals surface area contributed by atoms with E-state index in [1.54, 1.807) is 24.6 Å². The van der Waals surface area contributed by atoms with Gasteiger partial charge < -0.3 is 9.47 Å². The van der Waals surface area contributed by atoms with Crippen LogP contribution in [0.1, 0.15) is 30.6 Å². The Morgan fingerprint density at radius 1 is 1.06 bits per heavy atom. The van der Waals surface area contributed by atoms with E-state index in [2.05, 4.69) is 24.1 Å². The number of benzene rings is 2. The fraction of sp³-hybridized carbons (Fsp3) is 0.391. The molecule has 1 aliphatic rings. The second kappa shape index (κ2) is 9.28. The molecule has 0 radical (unpaired) electrons. The Balaban J connectivity index is 1.50. The summed E-state index contributed by atoms with van der Waals surface area (Å²) in [6.07, 6.45) is 1.02. The van der Waals surface area contributed by atoms with Crippen LogP contribution in [-0.2, 0) is 10.0 Å². The van der Waals surface area contributed by atoms with Crippen LogP contribution in [0.4, 0.5) is 5.13 Å². The molecular weight excluding hydrogens is 462 g/mol. The normalized spacial score (nSPS) is 19.4. The monoisotopic (exact) mass is 489 g/mol. The third kappa shape index (κ3) is 4.83. The minimum absolute atomic E-state index is 0.194. The quantitative estimate of drug-likeness (QED) is 0.556. The standard InChI is InChI=1S/C23H27N3O5S2/c1-14-9-15(2)13-26(12-14)33(28,29)17-7-5-16(6-8-17)22(27)25-23-24-18-10-19(30-3)20(31-4)11-21(18)32-23/h5-8,10-11,14-15H,9,12-13H2,1-4H3,(H,24,25,27). The highest BCUT2D eigenvalue weighted by atomic mass is 32.2. The van der Waals surface area contributed by atoms with Crippen molar-refractivity contribution in [2.45, 2.75) is 25.2 Å². The van der Waals surface area contributed by atoms with E-state index >= 15 is 0 Å². The highest BCUT2D eigenvalue weighted by Crippen LogP contribution is 2.36. The van der Waals surface area contributed by atoms with Gasteiger partial charge in [0.25, 0.3) is 5.91 Å². The number of aromatic nitrogens is 1. The summed E-state index contributed by atoms with van der Waals surface area (Å²) in [5, 5.41) is 3.21. The van der Waals surface area contributed by atoms with E-state index in [1.165, 1.54) is 35.6 Å². The number of nitrogens with one attached hydrogen (secondary N) is 1. The van der Waals surface area contributed by atoms with Crippen molar-refractivity contribution in [2.75, 3.05) is 32.6 Å². The Hall–Kier alpha value is -2.69. The molecule has 1 aliphatic heterocycles. The number of fused-ring (bicyclic) bond motifs is 1. The highest BCUT2D eigenvalue weighted by Gasteiger charge is 2.31. The number of sulfonamides is 1. The number of piperidine rings is 1. The molecule has 1 amide bonds. The molecule has 33 heavy (non-hydrogen) atoms. The van der Waals surface area contributed by atoms with Gasteiger partial charge in [0.2, 0.25) is 10.0 Å². The van der Waals surface area contributed by atoms with E-state index in [4.69, 9.17) is 9.47 Å². The van der Waals surface area contributed by atoms with Gasteiger partial charge in [-0.1, -0.05) is 25.2 Å². The lowest BCUT2D eigenvalue weighted by Crippen LogP contribution is -2.42. The number of rotatable bonds is 6. The summed E-state index contributed by atoms with van der Waals surface area (Å²) in [7, 11) is -0.482. The molecule has 4 rings (SSSR count). The Morgan fingerprint density at radius 3 is 2.27 bits per heavy atom. The number of hydrogen-bond donors (Lipinski definition) is 1. The lowest BCUT2D eigenvalue weighted by atomic mass is 9.94. The van der Waals surface area contributed by atoms with Crippen LogP contribution in [0.25, 0.3) is 10.2 Å². The van der Waals surface area contributed by atoms with Crippen LogP contribution >= 0.6 is 11.3 Å². The second-order valence-electron chi connectivity index (χ2n) is 8.44. The number of amides is 1. The first kappa shape index (κ1) is 23.5. The first-order valence-electron chi connectivity index (χ1n) is 10.7. The van der Waals surface area contributed by atoms with Gasteiger partial charge in [-0.05, 0) is 42.5 Å². The van der Waals surface area contributed by atoms with Crippen molar-refractivity contribution in [1.82, 2.24) is 9.29 Å². The lowest BCUT2D eigenvalue weighted by molar-refractivity contribution is 0.102. The van der Waals surface area contributed by atoms with E-state index in [0.717, 1.165) is 11.1 Å². The smallest absolute Gasteiger partial charge is 0.257 e. The summed E-state index contributed by atoms with van der Waals surface area (Å²) < 4.78 is 39.1. The van der Waals surface area contributed by atoms with E-state index in [1.807, 2.05) is 6.07 Å². The molecule has 176 valence electrons. The molecule has 1 N–H and O–H groups in total. The van der Waals surface area contributed by atoms with Gasteiger partial charge in [-0.2, -0.15) is 4.31 Å². The number of anilines is 1. The molecule has 2 heterocycles. The molecule has 10 heteroatoms. The molecule has 3 aromatic rings. The number of thiazole rings is 1. The van der Waals surface area contributed by atoms with Gasteiger partial charge in [0, 0.05) is 30.8 Å². The summed E-state index contributed by atoms with van der Waals surface area (Å²) >= 11 is 1.31. The SMILES string of the molecule is COc1cc2nc(NC(=O)c3ccc(S(=O)(=O)N4CC(C)CC(C)C4)cc3)sc2cc1OC. The minimum atomic E-state index is -3.59. The predicted molar refractivity (Wildman–Crippen MR) is 129 cm³/mol. The van der Waals surface area contributed by atoms with Crippen LogP contribution in [0.3, 0.4) is 0 Å². The van der Waals surface area contributed by atoms with Gasteiger partial charge in [0.15, 0.2) is 16.6 Å². The third-order valence-corrected chi connectivity index (χ3v) is 8.48. The molecule has 0 aliphatic carbocycles. The maximum absolute atomic E-state index is 13.1. The van der Waals surface area contributed by atoms with Crippen LogP contribution in [0.5, 0.6) is 11.5 Å². The van der Waals surface area contributed by atoms with Crippen LogP contribution < -0.4 is 14.8 Å². The van der Waals surface area contributed by atoms with E-state index in [0.29, 0.717) is 52.6 Å². The maximum atomic E-state index is 13.1. The highest BCUT2D eigenvalue weighted by molar-refractivity contribution is 7.89. The molecular formula is C23H27N3O5S2. The average molecular weight is 490 g/mol. The van der Waals surface area contributed by atoms with Gasteiger partial charge >= 0.3 is 0 Å². The number of ether oxygens (including phenoxy) is 2. The summed E-state index contributed by atoms with van der Waals surface area (Å²) in [5.41, 5.74) is 1.03. The summed E-state index contributed by atoms with van der Waals surface area (Å²) in [4.78, 5) is 17.4. The van der Waals surface area contributed by atoms with Gasteiger partial charge in [-0.15, -0.1) is 0 Å². The number of hydrogen-bond acceptors (Lipinski definition) is 7. The molecule has 0 spiro atoms. The van der Waals surface area contributed by atoms with E-state index < -0.39 is 10.0 Å². The average Bonchev–Trinajstić information content (AvgIpc) is 3.18. The van der Waals surface area contributed by atoms with Gasteiger partial charge in [-0.3, -0.25) is 10.1 Å². The zero-order valence-electron chi connectivity index (χ0n) is 19.0. The summed E-state index contributed by atoms with van der Waals surface area (Å²) in [6.45, 7) is 5.17. The molecule has 0 bridgehead atoms. The molecule has 2 aromatic carbocycles. The van der Waals surface area contributed by atoms with Crippen molar-refractivity contribution in [2.24, 2.45) is 11.8 Å². The Morgan fingerprint density at radius 2 is 1.67 bits per heavy atom. The van der Waals surface area contributed by atoms with E-state index in [-0.39, 0.29) is 10.8 Å². The second-order valence-corrected chi connectivity index (χ2v) is 11.4. The van der Waals surface area contributed by atoms with Crippen LogP contribution in [0.15, 0.2) is 41.3 Å². The third-order valence-electron chi connectivity index (χ3n) is 5.70. The number of methoxy groups -OCH3 is 2. The van der Waals surface area contributed by atoms with Crippen LogP contribution in [0, 0.1) is 11.8 Å². The topological polar surface area (TPSA) is 97.8 Å². The van der Waals surface area contributed by atoms with Crippen LogP contribution in [-0.4, -0.2) is 50.9 Å². The van der Waals surface area contributed by atoms with Gasteiger partial charge in [0.1, 0.15) is 0 Å². The molecule has 8 nitrogen and oxygen atoms in total. The molecule has 2 unspecified atom stereocenters. The van der Waals surface area contributed by atoms with Crippen molar-refractivity contribution in [3.8, 4) is 11.5 Å². The number of nitrogens with zero attached hydrogens (tertiary/aromatic N) is 2. The van der Waals surface area contributed by atoms with Crippen molar-refractivity contribution in [3.63, 3.8) is 0 Å². The molecule has 1 saturated heterocycles. The first-order valence-corrected chi connectivity index (χ1v) is 12.9. The molecule has 1 fully saturated rings. The van der Waals surface area contributed by atoms with Crippen molar-refractivity contribution >= 4 is 42.6 Å². The number of carbonyl (C=O) groups is 1. The Kier molecular flexibility index (Phi) is 6.60. The largest absolute Gasteiger partial charge is 0.493 e. The summed E-state index contributed by atoms with van der Waals surface area (Å²) in [5.74, 6) is 1.42. The number of carbonyl (C=O) groups excluding carboxylic acids is 1. The van der Waals surface area contributed by atoms with Gasteiger partial charge in [-0.25, -0.2) is 13.4 Å². The molecule has 2 atom stereocenters.